The summed E-state index contributed by atoms with van der Waals surface area (Å²) in [5.41, 5.74) is 5.44. The molecule has 140 valence electrons. The van der Waals surface area contributed by atoms with E-state index in [0.29, 0.717) is 17.8 Å². The molecule has 2 nitrogen and oxygen atoms in total. The second-order valence-corrected chi connectivity index (χ2v) is 8.68. The molecule has 0 spiro atoms. The van der Waals surface area contributed by atoms with Crippen LogP contribution in [0.15, 0.2) is 42.7 Å². The molecule has 1 aromatic carbocycles. The average Bonchev–Trinajstić information content (AvgIpc) is 3.04. The number of aryl methyl sites for hydroxylation is 1. The van der Waals surface area contributed by atoms with Crippen molar-refractivity contribution in [1.29, 1.82) is 0 Å². The summed E-state index contributed by atoms with van der Waals surface area (Å²) < 4.78 is 19.2. The third-order valence-electron chi connectivity index (χ3n) is 7.53. The fourth-order valence-electron chi connectivity index (χ4n) is 6.26. The SMILES string of the molecule is COc1ccc2c(c1)CCC1C2CCC2(C)C(c3cncc(F)c3)=CCC12. The van der Waals surface area contributed by atoms with Crippen LogP contribution in [0.5, 0.6) is 5.75 Å². The highest BCUT2D eigenvalue weighted by Crippen LogP contribution is 2.63. The monoisotopic (exact) mass is 363 g/mol. The second kappa shape index (κ2) is 6.19. The largest absolute Gasteiger partial charge is 0.497 e. The van der Waals surface area contributed by atoms with Gasteiger partial charge in [-0.1, -0.05) is 19.1 Å². The number of ether oxygens (including phenoxy) is 1. The molecular formula is C24H26FNO. The van der Waals surface area contributed by atoms with Crippen molar-refractivity contribution in [3.8, 4) is 5.75 Å². The van der Waals surface area contributed by atoms with E-state index in [0.717, 1.165) is 30.6 Å². The van der Waals surface area contributed by atoms with Crippen molar-refractivity contribution in [3.63, 3.8) is 0 Å². The van der Waals surface area contributed by atoms with Crippen LogP contribution in [-0.2, 0) is 6.42 Å². The number of hydrogen-bond acceptors (Lipinski definition) is 2. The van der Waals surface area contributed by atoms with Gasteiger partial charge in [0.2, 0.25) is 0 Å². The van der Waals surface area contributed by atoms with E-state index in [1.54, 1.807) is 13.2 Å². The number of nitrogens with zero attached hydrogens (tertiary/aromatic N) is 1. The number of methoxy groups -OCH3 is 1. The summed E-state index contributed by atoms with van der Waals surface area (Å²) in [4.78, 5) is 4.10. The van der Waals surface area contributed by atoms with Crippen LogP contribution < -0.4 is 4.74 Å². The molecule has 1 saturated carbocycles. The Bertz CT molecular complexity index is 920. The third kappa shape index (κ3) is 2.55. The maximum Gasteiger partial charge on any atom is 0.142 e. The molecule has 3 aliphatic rings. The summed E-state index contributed by atoms with van der Waals surface area (Å²) in [6, 6.07) is 8.30. The molecule has 0 radical (unpaired) electrons. The predicted octanol–water partition coefficient (Wildman–Crippen LogP) is 5.78. The Hall–Kier alpha value is -2.16. The van der Waals surface area contributed by atoms with Crippen molar-refractivity contribution < 1.29 is 9.13 Å². The molecule has 27 heavy (non-hydrogen) atoms. The molecule has 4 unspecified atom stereocenters. The van der Waals surface area contributed by atoms with Gasteiger partial charge in [-0.2, -0.15) is 0 Å². The maximum absolute atomic E-state index is 13.8. The van der Waals surface area contributed by atoms with Crippen molar-refractivity contribution >= 4 is 5.57 Å². The molecule has 1 fully saturated rings. The van der Waals surface area contributed by atoms with E-state index in [4.69, 9.17) is 4.74 Å². The lowest BCUT2D eigenvalue weighted by Crippen LogP contribution is -2.40. The number of pyridine rings is 1. The first-order chi connectivity index (χ1) is 13.1. The lowest BCUT2D eigenvalue weighted by Gasteiger charge is -2.50. The zero-order chi connectivity index (χ0) is 18.6. The van der Waals surface area contributed by atoms with Crippen LogP contribution in [0.25, 0.3) is 5.57 Å². The Kier molecular flexibility index (Phi) is 3.89. The Morgan fingerprint density at radius 3 is 2.89 bits per heavy atom. The van der Waals surface area contributed by atoms with Crippen molar-refractivity contribution in [2.24, 2.45) is 17.3 Å². The molecule has 5 rings (SSSR count). The number of benzene rings is 1. The molecule has 4 atom stereocenters. The molecule has 0 N–H and O–H groups in total. The second-order valence-electron chi connectivity index (χ2n) is 8.68. The number of aromatic nitrogens is 1. The van der Waals surface area contributed by atoms with E-state index in [1.807, 2.05) is 6.20 Å². The third-order valence-corrected chi connectivity index (χ3v) is 7.53. The van der Waals surface area contributed by atoms with E-state index < -0.39 is 0 Å². The molecule has 3 aliphatic carbocycles. The van der Waals surface area contributed by atoms with Gasteiger partial charge in [-0.15, -0.1) is 0 Å². The maximum atomic E-state index is 13.8. The van der Waals surface area contributed by atoms with Gasteiger partial charge in [0.1, 0.15) is 11.6 Å². The van der Waals surface area contributed by atoms with Crippen LogP contribution in [-0.4, -0.2) is 12.1 Å². The van der Waals surface area contributed by atoms with Crippen LogP contribution in [0.1, 0.15) is 55.2 Å². The summed E-state index contributed by atoms with van der Waals surface area (Å²) >= 11 is 0. The normalized spacial score (nSPS) is 31.5. The zero-order valence-corrected chi connectivity index (χ0v) is 16.0. The number of halogens is 1. The molecule has 0 amide bonds. The van der Waals surface area contributed by atoms with Crippen molar-refractivity contribution in [2.75, 3.05) is 7.11 Å². The van der Waals surface area contributed by atoms with Gasteiger partial charge in [0, 0.05) is 6.20 Å². The van der Waals surface area contributed by atoms with E-state index in [9.17, 15) is 4.39 Å². The van der Waals surface area contributed by atoms with E-state index in [-0.39, 0.29) is 11.2 Å². The van der Waals surface area contributed by atoms with E-state index in [1.165, 1.54) is 35.7 Å². The first-order valence-electron chi connectivity index (χ1n) is 10.1. The minimum absolute atomic E-state index is 0.139. The van der Waals surface area contributed by atoms with Crippen LogP contribution >= 0.6 is 0 Å². The molecule has 1 heterocycles. The highest BCUT2D eigenvalue weighted by Gasteiger charge is 2.51. The Labute approximate surface area is 160 Å². The molecule has 0 bridgehead atoms. The van der Waals surface area contributed by atoms with E-state index in [2.05, 4.69) is 36.2 Å². The van der Waals surface area contributed by atoms with Gasteiger partial charge in [0.25, 0.3) is 0 Å². The van der Waals surface area contributed by atoms with Gasteiger partial charge < -0.3 is 4.74 Å². The molecule has 0 saturated heterocycles. The first kappa shape index (κ1) is 17.0. The van der Waals surface area contributed by atoms with Crippen LogP contribution in [0.3, 0.4) is 0 Å². The number of hydrogen-bond donors (Lipinski definition) is 0. The lowest BCUT2D eigenvalue weighted by molar-refractivity contribution is 0.0885. The highest BCUT2D eigenvalue weighted by atomic mass is 19.1. The molecule has 1 aromatic heterocycles. The van der Waals surface area contributed by atoms with Gasteiger partial charge in [-0.05, 0) is 95.7 Å². The smallest absolute Gasteiger partial charge is 0.142 e. The van der Waals surface area contributed by atoms with Gasteiger partial charge in [-0.3, -0.25) is 4.98 Å². The van der Waals surface area contributed by atoms with Crippen molar-refractivity contribution in [3.05, 3.63) is 65.2 Å². The van der Waals surface area contributed by atoms with Gasteiger partial charge in [0.15, 0.2) is 0 Å². The van der Waals surface area contributed by atoms with Crippen molar-refractivity contribution in [1.82, 2.24) is 4.98 Å². The molecular weight excluding hydrogens is 337 g/mol. The number of allylic oxidation sites excluding steroid dienone is 2. The zero-order valence-electron chi connectivity index (χ0n) is 16.0. The van der Waals surface area contributed by atoms with Crippen LogP contribution in [0.4, 0.5) is 4.39 Å². The Morgan fingerprint density at radius 1 is 1.19 bits per heavy atom. The summed E-state index contributed by atoms with van der Waals surface area (Å²) in [5, 5.41) is 0. The van der Waals surface area contributed by atoms with E-state index >= 15 is 0 Å². The van der Waals surface area contributed by atoms with Crippen molar-refractivity contribution in [2.45, 2.75) is 44.9 Å². The molecule has 2 aromatic rings. The standard InChI is InChI=1S/C24H26FNO/c1-24-10-9-20-19-6-4-18(27-2)12-15(19)3-5-21(20)23(24)8-7-22(24)16-11-17(25)14-26-13-16/h4,6-7,11-14,20-21,23H,3,5,8-10H2,1-2H3. The van der Waals surface area contributed by atoms with Crippen LogP contribution in [0, 0.1) is 23.1 Å². The van der Waals surface area contributed by atoms with Crippen LogP contribution in [0.2, 0.25) is 0 Å². The first-order valence-corrected chi connectivity index (χ1v) is 10.1. The summed E-state index contributed by atoms with van der Waals surface area (Å²) in [7, 11) is 1.74. The van der Waals surface area contributed by atoms with Gasteiger partial charge in [0.05, 0.1) is 13.3 Å². The summed E-state index contributed by atoms with van der Waals surface area (Å²) in [5.74, 6) is 2.73. The topological polar surface area (TPSA) is 22.1 Å². The Morgan fingerprint density at radius 2 is 2.07 bits per heavy atom. The fraction of sp³-hybridized carbons (Fsp3) is 0.458. The molecule has 0 aliphatic heterocycles. The summed E-state index contributed by atoms with van der Waals surface area (Å²) in [6.07, 6.45) is 11.3. The fourth-order valence-corrected chi connectivity index (χ4v) is 6.26. The number of fused-ring (bicyclic) bond motifs is 5. The number of rotatable bonds is 2. The van der Waals surface area contributed by atoms with Gasteiger partial charge in [-0.25, -0.2) is 4.39 Å². The Balaban J connectivity index is 1.47. The summed E-state index contributed by atoms with van der Waals surface area (Å²) in [6.45, 7) is 2.40. The average molecular weight is 363 g/mol. The van der Waals surface area contributed by atoms with Gasteiger partial charge >= 0.3 is 0 Å². The predicted molar refractivity (Wildman–Crippen MR) is 105 cm³/mol. The minimum atomic E-state index is -0.241. The quantitative estimate of drug-likeness (QED) is 0.675. The highest BCUT2D eigenvalue weighted by molar-refractivity contribution is 5.72. The minimum Gasteiger partial charge on any atom is -0.497 e. The lowest BCUT2D eigenvalue weighted by atomic mass is 9.54. The molecule has 3 heteroatoms.